The van der Waals surface area contributed by atoms with Gasteiger partial charge in [0, 0.05) is 6.04 Å². The quantitative estimate of drug-likeness (QED) is 0.788. The van der Waals surface area contributed by atoms with Crippen LogP contribution in [0.25, 0.3) is 0 Å². The lowest BCUT2D eigenvalue weighted by Gasteiger charge is -2.12. The van der Waals surface area contributed by atoms with E-state index >= 15 is 0 Å². The molecule has 0 aromatic heterocycles. The second-order valence-corrected chi connectivity index (χ2v) is 6.62. The zero-order valence-electron chi connectivity index (χ0n) is 12.2. The summed E-state index contributed by atoms with van der Waals surface area (Å²) < 4.78 is 37.1. The molecule has 1 aliphatic carbocycles. The van der Waals surface area contributed by atoms with Gasteiger partial charge in [-0.2, -0.15) is 5.26 Å². The lowest BCUT2D eigenvalue weighted by molar-refractivity contribution is 0.0435. The Hall–Kier alpha value is -2.11. The Bertz CT molecular complexity index is 719. The third-order valence-electron chi connectivity index (χ3n) is 3.05. The maximum Gasteiger partial charge on any atom is 0.339 e. The summed E-state index contributed by atoms with van der Waals surface area (Å²) in [5.41, 5.74) is 0.0408. The Balaban J connectivity index is 2.34. The van der Waals surface area contributed by atoms with E-state index in [0.717, 1.165) is 12.8 Å². The number of nitrogens with zero attached hydrogens (tertiary/aromatic N) is 1. The molecule has 1 unspecified atom stereocenters. The first kappa shape index (κ1) is 16.3. The van der Waals surface area contributed by atoms with Crippen molar-refractivity contribution in [2.75, 3.05) is 7.11 Å². The Labute approximate surface area is 128 Å². The fraction of sp³-hybridized carbons (Fsp3) is 0.429. The molecule has 1 aromatic carbocycles. The number of hydrogen-bond donors (Lipinski definition) is 1. The van der Waals surface area contributed by atoms with Crippen LogP contribution in [0.3, 0.4) is 0 Å². The minimum atomic E-state index is -3.78. The van der Waals surface area contributed by atoms with E-state index in [-0.39, 0.29) is 22.3 Å². The number of ether oxygens (including phenoxy) is 2. The lowest BCUT2D eigenvalue weighted by atomic mass is 10.2. The molecule has 118 valence electrons. The van der Waals surface area contributed by atoms with Crippen molar-refractivity contribution in [3.05, 3.63) is 23.8 Å². The number of nitrogens with one attached hydrogen (secondary N) is 1. The van der Waals surface area contributed by atoms with Gasteiger partial charge in [-0.05, 0) is 38.0 Å². The molecule has 1 aliphatic rings. The summed E-state index contributed by atoms with van der Waals surface area (Å²) in [6.07, 6.45) is 0.672. The smallest absolute Gasteiger partial charge is 0.339 e. The number of hydrogen-bond acceptors (Lipinski definition) is 6. The van der Waals surface area contributed by atoms with Crippen molar-refractivity contribution in [2.24, 2.45) is 0 Å². The molecule has 22 heavy (non-hydrogen) atoms. The third kappa shape index (κ3) is 3.75. The highest BCUT2D eigenvalue weighted by Crippen LogP contribution is 2.28. The first-order valence-corrected chi connectivity index (χ1v) is 8.16. The average molecular weight is 324 g/mol. The van der Waals surface area contributed by atoms with Crippen molar-refractivity contribution in [1.29, 1.82) is 5.26 Å². The molecular formula is C14H16N2O5S. The molecule has 1 aromatic rings. The Kier molecular flexibility index (Phi) is 4.68. The highest BCUT2D eigenvalue weighted by atomic mass is 32.2. The molecule has 1 saturated carbocycles. The summed E-state index contributed by atoms with van der Waals surface area (Å²) >= 11 is 0. The van der Waals surface area contributed by atoms with Crippen LogP contribution in [0, 0.1) is 11.3 Å². The second-order valence-electron chi connectivity index (χ2n) is 4.94. The summed E-state index contributed by atoms with van der Waals surface area (Å²) in [4.78, 5) is 11.8. The van der Waals surface area contributed by atoms with Crippen molar-refractivity contribution in [1.82, 2.24) is 4.72 Å². The topological polar surface area (TPSA) is 105 Å². The molecule has 2 rings (SSSR count). The van der Waals surface area contributed by atoms with Crippen molar-refractivity contribution in [3.8, 4) is 11.8 Å². The zero-order chi connectivity index (χ0) is 16.3. The van der Waals surface area contributed by atoms with Crippen LogP contribution in [0.2, 0.25) is 0 Å². The van der Waals surface area contributed by atoms with Gasteiger partial charge in [0.1, 0.15) is 16.7 Å². The highest BCUT2D eigenvalue weighted by molar-refractivity contribution is 7.89. The van der Waals surface area contributed by atoms with Gasteiger partial charge in [-0.15, -0.1) is 0 Å². The van der Waals surface area contributed by atoms with Crippen molar-refractivity contribution in [2.45, 2.75) is 36.8 Å². The number of benzene rings is 1. The van der Waals surface area contributed by atoms with E-state index in [1.165, 1.54) is 32.2 Å². The number of carbonyl (C=O) groups is 1. The molecule has 0 amide bonds. The summed E-state index contributed by atoms with van der Waals surface area (Å²) in [7, 11) is -2.43. The minimum absolute atomic E-state index is 0.0408. The van der Waals surface area contributed by atoms with E-state index < -0.39 is 22.1 Å². The van der Waals surface area contributed by atoms with Gasteiger partial charge in [0.2, 0.25) is 10.0 Å². The molecule has 0 aliphatic heterocycles. The van der Waals surface area contributed by atoms with Crippen LogP contribution in [0.5, 0.6) is 5.75 Å². The fourth-order valence-electron chi connectivity index (χ4n) is 1.75. The maximum atomic E-state index is 12.3. The summed E-state index contributed by atoms with van der Waals surface area (Å²) in [5, 5.41) is 8.65. The monoisotopic (exact) mass is 324 g/mol. The molecule has 0 radical (unpaired) electrons. The van der Waals surface area contributed by atoms with Gasteiger partial charge >= 0.3 is 5.97 Å². The molecule has 7 nitrogen and oxygen atoms in total. The largest absolute Gasteiger partial charge is 0.495 e. The van der Waals surface area contributed by atoms with Gasteiger partial charge in [-0.1, -0.05) is 0 Å². The van der Waals surface area contributed by atoms with E-state index in [1.54, 1.807) is 6.07 Å². The van der Waals surface area contributed by atoms with Crippen molar-refractivity contribution in [3.63, 3.8) is 0 Å². The number of methoxy groups -OCH3 is 1. The second kappa shape index (κ2) is 6.34. The van der Waals surface area contributed by atoms with E-state index in [2.05, 4.69) is 4.72 Å². The van der Waals surface area contributed by atoms with Crippen LogP contribution >= 0.6 is 0 Å². The molecule has 1 N–H and O–H groups in total. The molecule has 1 atom stereocenters. The third-order valence-corrected chi connectivity index (χ3v) is 4.60. The molecule has 0 spiro atoms. The highest BCUT2D eigenvalue weighted by Gasteiger charge is 2.30. The van der Waals surface area contributed by atoms with E-state index in [4.69, 9.17) is 14.7 Å². The first-order chi connectivity index (χ1) is 10.4. The predicted octanol–water partition coefficient (Wildman–Crippen LogP) is 1.20. The Morgan fingerprint density at radius 3 is 2.68 bits per heavy atom. The Morgan fingerprint density at radius 2 is 2.14 bits per heavy atom. The Morgan fingerprint density at radius 1 is 1.45 bits per heavy atom. The normalized spacial score (nSPS) is 15.7. The molecule has 0 heterocycles. The van der Waals surface area contributed by atoms with E-state index in [9.17, 15) is 13.2 Å². The molecule has 0 saturated heterocycles. The molecule has 0 bridgehead atoms. The number of esters is 1. The number of sulfonamides is 1. The standard InChI is InChI=1S/C14H16N2O5S/c1-9(8-15)21-14(17)10-3-6-12(20-2)13(7-10)22(18,19)16-11-4-5-11/h3,6-7,9,11,16H,4-5H2,1-2H3. The SMILES string of the molecule is COc1ccc(C(=O)OC(C)C#N)cc1S(=O)(=O)NC1CC1. The maximum absolute atomic E-state index is 12.3. The van der Waals surface area contributed by atoms with Crippen molar-refractivity contribution < 1.29 is 22.7 Å². The molecule has 1 fully saturated rings. The molecular weight excluding hydrogens is 308 g/mol. The van der Waals surface area contributed by atoms with Crippen LogP contribution in [0.1, 0.15) is 30.1 Å². The van der Waals surface area contributed by atoms with Crippen LogP contribution < -0.4 is 9.46 Å². The predicted molar refractivity (Wildman–Crippen MR) is 76.8 cm³/mol. The average Bonchev–Trinajstić information content (AvgIpc) is 3.29. The number of nitriles is 1. The molecule has 8 heteroatoms. The first-order valence-electron chi connectivity index (χ1n) is 6.68. The van der Waals surface area contributed by atoms with Crippen LogP contribution in [-0.4, -0.2) is 33.6 Å². The van der Waals surface area contributed by atoms with Gasteiger partial charge in [-0.3, -0.25) is 0 Å². The lowest BCUT2D eigenvalue weighted by Crippen LogP contribution is -2.26. The van der Waals surface area contributed by atoms with Gasteiger partial charge in [-0.25, -0.2) is 17.9 Å². The zero-order valence-corrected chi connectivity index (χ0v) is 13.0. The van der Waals surface area contributed by atoms with Gasteiger partial charge in [0.15, 0.2) is 6.10 Å². The number of rotatable bonds is 6. The van der Waals surface area contributed by atoms with Crippen molar-refractivity contribution >= 4 is 16.0 Å². The fourth-order valence-corrected chi connectivity index (χ4v) is 3.25. The summed E-state index contributed by atoms with van der Waals surface area (Å²) in [6, 6.07) is 5.67. The van der Waals surface area contributed by atoms with Gasteiger partial charge < -0.3 is 9.47 Å². The van der Waals surface area contributed by atoms with Gasteiger partial charge in [0.25, 0.3) is 0 Å². The van der Waals surface area contributed by atoms with E-state index in [1.807, 2.05) is 0 Å². The van der Waals surface area contributed by atoms with Crippen LogP contribution in [-0.2, 0) is 14.8 Å². The summed E-state index contributed by atoms with van der Waals surface area (Å²) in [5.74, 6) is -0.627. The summed E-state index contributed by atoms with van der Waals surface area (Å²) in [6.45, 7) is 1.42. The number of carbonyl (C=O) groups excluding carboxylic acids is 1. The minimum Gasteiger partial charge on any atom is -0.495 e. The van der Waals surface area contributed by atoms with Crippen LogP contribution in [0.4, 0.5) is 0 Å². The van der Waals surface area contributed by atoms with E-state index in [0.29, 0.717) is 0 Å². The van der Waals surface area contributed by atoms with Gasteiger partial charge in [0.05, 0.1) is 12.7 Å². The van der Waals surface area contributed by atoms with Crippen LogP contribution in [0.15, 0.2) is 23.1 Å².